The predicted octanol–water partition coefficient (Wildman–Crippen LogP) is 2.60. The van der Waals surface area contributed by atoms with Crippen molar-refractivity contribution >= 4 is 5.91 Å². The lowest BCUT2D eigenvalue weighted by Crippen LogP contribution is -2.36. The summed E-state index contributed by atoms with van der Waals surface area (Å²) < 4.78 is 0. The topological polar surface area (TPSA) is 52.9 Å². The van der Waals surface area contributed by atoms with Gasteiger partial charge in [-0.05, 0) is 18.9 Å². The zero-order valence-corrected chi connectivity index (χ0v) is 10.3. The molecule has 1 aromatic carbocycles. The van der Waals surface area contributed by atoms with Crippen LogP contribution in [0, 0.1) is 11.3 Å². The average molecular weight is 230 g/mol. The second-order valence-corrected chi connectivity index (χ2v) is 4.14. The van der Waals surface area contributed by atoms with E-state index in [0.717, 1.165) is 12.0 Å². The molecule has 0 saturated heterocycles. The molecule has 1 N–H and O–H groups in total. The molecule has 17 heavy (non-hydrogen) atoms. The standard InChI is InChI=1S/C14H18N2O/c1-3-13(12-7-5-4-6-8-12)14(17)16-11(2)9-10-15/h4-8,11,13H,3,9H2,1-2H3,(H,16,17). The van der Waals surface area contributed by atoms with Crippen LogP contribution in [-0.4, -0.2) is 11.9 Å². The summed E-state index contributed by atoms with van der Waals surface area (Å²) >= 11 is 0. The summed E-state index contributed by atoms with van der Waals surface area (Å²) in [5, 5.41) is 11.4. The lowest BCUT2D eigenvalue weighted by atomic mass is 9.95. The van der Waals surface area contributed by atoms with E-state index >= 15 is 0 Å². The van der Waals surface area contributed by atoms with E-state index < -0.39 is 0 Å². The molecule has 90 valence electrons. The fourth-order valence-corrected chi connectivity index (χ4v) is 1.79. The molecule has 1 rings (SSSR count). The van der Waals surface area contributed by atoms with Crippen molar-refractivity contribution in [2.24, 2.45) is 0 Å². The lowest BCUT2D eigenvalue weighted by Gasteiger charge is -2.18. The fraction of sp³-hybridized carbons (Fsp3) is 0.429. The molecule has 3 nitrogen and oxygen atoms in total. The van der Waals surface area contributed by atoms with Gasteiger partial charge in [0.15, 0.2) is 0 Å². The number of hydrogen-bond acceptors (Lipinski definition) is 2. The number of benzene rings is 1. The second kappa shape index (κ2) is 6.70. The normalized spacial score (nSPS) is 13.5. The number of hydrogen-bond donors (Lipinski definition) is 1. The smallest absolute Gasteiger partial charge is 0.227 e. The van der Waals surface area contributed by atoms with E-state index in [-0.39, 0.29) is 17.9 Å². The molecule has 0 heterocycles. The maximum atomic E-state index is 12.0. The van der Waals surface area contributed by atoms with Crippen molar-refractivity contribution in [1.82, 2.24) is 5.32 Å². The third-order valence-electron chi connectivity index (χ3n) is 2.71. The number of carbonyl (C=O) groups excluding carboxylic acids is 1. The molecule has 3 heteroatoms. The molecular formula is C14H18N2O. The Balaban J connectivity index is 2.69. The molecule has 0 aliphatic heterocycles. The zero-order valence-electron chi connectivity index (χ0n) is 10.3. The van der Waals surface area contributed by atoms with E-state index in [0.29, 0.717) is 6.42 Å². The Bertz CT molecular complexity index is 394. The highest BCUT2D eigenvalue weighted by Crippen LogP contribution is 2.19. The molecule has 0 bridgehead atoms. The summed E-state index contributed by atoms with van der Waals surface area (Å²) in [5.41, 5.74) is 1.02. The molecular weight excluding hydrogens is 212 g/mol. The first-order chi connectivity index (χ1) is 8.19. The van der Waals surface area contributed by atoms with Crippen molar-refractivity contribution in [3.63, 3.8) is 0 Å². The van der Waals surface area contributed by atoms with Gasteiger partial charge in [0.25, 0.3) is 0 Å². The lowest BCUT2D eigenvalue weighted by molar-refractivity contribution is -0.123. The predicted molar refractivity (Wildman–Crippen MR) is 67.3 cm³/mol. The fourth-order valence-electron chi connectivity index (χ4n) is 1.79. The van der Waals surface area contributed by atoms with Gasteiger partial charge in [0.05, 0.1) is 18.4 Å². The Hall–Kier alpha value is -1.82. The van der Waals surface area contributed by atoms with Crippen LogP contribution in [0.25, 0.3) is 0 Å². The first kappa shape index (κ1) is 13.2. The minimum atomic E-state index is -0.127. The molecule has 2 atom stereocenters. The van der Waals surface area contributed by atoms with E-state index in [2.05, 4.69) is 11.4 Å². The van der Waals surface area contributed by atoms with Crippen LogP contribution in [-0.2, 0) is 4.79 Å². The van der Waals surface area contributed by atoms with Gasteiger partial charge in [0.2, 0.25) is 5.91 Å². The number of nitrogens with one attached hydrogen (secondary N) is 1. The van der Waals surface area contributed by atoms with E-state index in [9.17, 15) is 4.79 Å². The molecule has 0 fully saturated rings. The summed E-state index contributed by atoms with van der Waals surface area (Å²) in [7, 11) is 0. The van der Waals surface area contributed by atoms with Gasteiger partial charge in [-0.15, -0.1) is 0 Å². The summed E-state index contributed by atoms with van der Waals surface area (Å²) in [5.74, 6) is -0.126. The average Bonchev–Trinajstić information content (AvgIpc) is 2.31. The number of nitriles is 1. The van der Waals surface area contributed by atoms with E-state index in [1.165, 1.54) is 0 Å². The van der Waals surface area contributed by atoms with Crippen LogP contribution in [0.4, 0.5) is 0 Å². The zero-order chi connectivity index (χ0) is 12.7. The van der Waals surface area contributed by atoms with Gasteiger partial charge in [0, 0.05) is 6.04 Å². The van der Waals surface area contributed by atoms with Gasteiger partial charge in [-0.2, -0.15) is 5.26 Å². The molecule has 0 radical (unpaired) electrons. The first-order valence-electron chi connectivity index (χ1n) is 5.91. The first-order valence-corrected chi connectivity index (χ1v) is 5.91. The monoisotopic (exact) mass is 230 g/mol. The Morgan fingerprint density at radius 2 is 2.06 bits per heavy atom. The van der Waals surface area contributed by atoms with Gasteiger partial charge >= 0.3 is 0 Å². The van der Waals surface area contributed by atoms with Gasteiger partial charge in [-0.1, -0.05) is 37.3 Å². The van der Waals surface area contributed by atoms with Gasteiger partial charge < -0.3 is 5.32 Å². The summed E-state index contributed by atoms with van der Waals surface area (Å²) in [6.45, 7) is 3.84. The van der Waals surface area contributed by atoms with E-state index in [4.69, 9.17) is 5.26 Å². The maximum Gasteiger partial charge on any atom is 0.227 e. The molecule has 0 saturated carbocycles. The van der Waals surface area contributed by atoms with Crippen LogP contribution >= 0.6 is 0 Å². The SMILES string of the molecule is CCC(C(=O)NC(C)CC#N)c1ccccc1. The highest BCUT2D eigenvalue weighted by Gasteiger charge is 2.19. The highest BCUT2D eigenvalue weighted by atomic mass is 16.1. The van der Waals surface area contributed by atoms with Crippen molar-refractivity contribution in [3.05, 3.63) is 35.9 Å². The Morgan fingerprint density at radius 3 is 2.59 bits per heavy atom. The van der Waals surface area contributed by atoms with Crippen LogP contribution in [0.5, 0.6) is 0 Å². The Labute approximate surface area is 102 Å². The van der Waals surface area contributed by atoms with Crippen LogP contribution in [0.15, 0.2) is 30.3 Å². The van der Waals surface area contributed by atoms with Crippen LogP contribution in [0.3, 0.4) is 0 Å². The van der Waals surface area contributed by atoms with Crippen molar-refractivity contribution < 1.29 is 4.79 Å². The minimum absolute atomic E-state index is 0.00134. The van der Waals surface area contributed by atoms with E-state index in [1.807, 2.05) is 44.2 Å². The summed E-state index contributed by atoms with van der Waals surface area (Å²) in [6, 6.07) is 11.7. The van der Waals surface area contributed by atoms with Crippen LogP contribution < -0.4 is 5.32 Å². The van der Waals surface area contributed by atoms with Gasteiger partial charge in [-0.3, -0.25) is 4.79 Å². The molecule has 2 unspecified atom stereocenters. The molecule has 1 aromatic rings. The third-order valence-corrected chi connectivity index (χ3v) is 2.71. The van der Waals surface area contributed by atoms with Crippen molar-refractivity contribution in [2.45, 2.75) is 38.6 Å². The van der Waals surface area contributed by atoms with Gasteiger partial charge in [0.1, 0.15) is 0 Å². The molecule has 1 amide bonds. The third kappa shape index (κ3) is 3.92. The Morgan fingerprint density at radius 1 is 1.41 bits per heavy atom. The van der Waals surface area contributed by atoms with Crippen LogP contribution in [0.1, 0.15) is 38.2 Å². The Kier molecular flexibility index (Phi) is 5.22. The number of carbonyl (C=O) groups is 1. The summed E-state index contributed by atoms with van der Waals surface area (Å²) in [4.78, 5) is 12.0. The maximum absolute atomic E-state index is 12.0. The highest BCUT2D eigenvalue weighted by molar-refractivity contribution is 5.83. The van der Waals surface area contributed by atoms with Crippen molar-refractivity contribution in [1.29, 1.82) is 5.26 Å². The number of rotatable bonds is 5. The number of amides is 1. The quantitative estimate of drug-likeness (QED) is 0.845. The number of nitrogens with zero attached hydrogens (tertiary/aromatic N) is 1. The molecule has 0 aromatic heterocycles. The largest absolute Gasteiger partial charge is 0.352 e. The van der Waals surface area contributed by atoms with Gasteiger partial charge in [-0.25, -0.2) is 0 Å². The van der Waals surface area contributed by atoms with Crippen molar-refractivity contribution in [3.8, 4) is 6.07 Å². The van der Waals surface area contributed by atoms with E-state index in [1.54, 1.807) is 0 Å². The minimum Gasteiger partial charge on any atom is -0.352 e. The summed E-state index contributed by atoms with van der Waals surface area (Å²) in [6.07, 6.45) is 1.10. The molecule has 0 spiro atoms. The molecule has 0 aliphatic carbocycles. The molecule has 0 aliphatic rings. The van der Waals surface area contributed by atoms with Crippen LogP contribution in [0.2, 0.25) is 0 Å². The van der Waals surface area contributed by atoms with Crippen molar-refractivity contribution in [2.75, 3.05) is 0 Å². The second-order valence-electron chi connectivity index (χ2n) is 4.14.